The zero-order valence-corrected chi connectivity index (χ0v) is 10.6. The smallest absolute Gasteiger partial charge is 0.255 e. The molecule has 1 N–H and O–H groups in total. The van der Waals surface area contributed by atoms with Gasteiger partial charge in [0.05, 0.1) is 5.56 Å². The molecule has 4 heteroatoms. The number of rotatable bonds is 2. The van der Waals surface area contributed by atoms with Crippen molar-refractivity contribution in [3.8, 4) is 0 Å². The van der Waals surface area contributed by atoms with Gasteiger partial charge < -0.3 is 10.2 Å². The van der Waals surface area contributed by atoms with Crippen LogP contribution < -0.4 is 5.32 Å². The summed E-state index contributed by atoms with van der Waals surface area (Å²) in [5.41, 5.74) is 0.672. The van der Waals surface area contributed by atoms with Gasteiger partial charge in [0, 0.05) is 26.3 Å². The minimum Gasteiger partial charge on any atom is -0.373 e. The van der Waals surface area contributed by atoms with E-state index < -0.39 is 0 Å². The number of amides is 1. The lowest BCUT2D eigenvalue weighted by molar-refractivity contribution is 0.0784. The molecule has 0 aromatic carbocycles. The van der Waals surface area contributed by atoms with Crippen molar-refractivity contribution in [3.63, 3.8) is 0 Å². The standard InChI is InChI=1S/C13H19N3O/c1-9-7-16(8-10(9)2)13(17)11-4-5-12(14-3)15-6-11/h4-6,9-10H,7-8H2,1-3H3,(H,14,15). The molecule has 0 bridgehead atoms. The molecule has 1 aliphatic rings. The molecule has 1 fully saturated rings. The van der Waals surface area contributed by atoms with E-state index in [1.807, 2.05) is 24.1 Å². The quantitative estimate of drug-likeness (QED) is 0.848. The number of hydrogen-bond donors (Lipinski definition) is 1. The summed E-state index contributed by atoms with van der Waals surface area (Å²) in [6.45, 7) is 6.10. The van der Waals surface area contributed by atoms with Gasteiger partial charge in [-0.25, -0.2) is 4.98 Å². The molecule has 2 unspecified atom stereocenters. The van der Waals surface area contributed by atoms with Crippen LogP contribution in [0.5, 0.6) is 0 Å². The highest BCUT2D eigenvalue weighted by molar-refractivity contribution is 5.94. The van der Waals surface area contributed by atoms with Crippen LogP contribution in [0.2, 0.25) is 0 Å². The molecule has 0 saturated carbocycles. The van der Waals surface area contributed by atoms with Gasteiger partial charge >= 0.3 is 0 Å². The highest BCUT2D eigenvalue weighted by atomic mass is 16.2. The lowest BCUT2D eigenvalue weighted by atomic mass is 10.0. The third-order valence-corrected chi connectivity index (χ3v) is 3.54. The monoisotopic (exact) mass is 233 g/mol. The molecule has 1 aromatic rings. The third-order valence-electron chi connectivity index (χ3n) is 3.54. The van der Waals surface area contributed by atoms with E-state index in [9.17, 15) is 4.79 Å². The molecule has 17 heavy (non-hydrogen) atoms. The fourth-order valence-electron chi connectivity index (χ4n) is 2.15. The predicted molar refractivity (Wildman–Crippen MR) is 68.0 cm³/mol. The molecule has 1 saturated heterocycles. The molecule has 4 nitrogen and oxygen atoms in total. The van der Waals surface area contributed by atoms with Crippen LogP contribution in [0.15, 0.2) is 18.3 Å². The number of hydrogen-bond acceptors (Lipinski definition) is 3. The third kappa shape index (κ3) is 2.40. The second-order valence-corrected chi connectivity index (χ2v) is 4.85. The Bertz CT molecular complexity index is 392. The van der Waals surface area contributed by atoms with Gasteiger partial charge in [-0.3, -0.25) is 4.79 Å². The van der Waals surface area contributed by atoms with E-state index in [1.54, 1.807) is 6.20 Å². The zero-order chi connectivity index (χ0) is 12.4. The van der Waals surface area contributed by atoms with Crippen molar-refractivity contribution in [2.45, 2.75) is 13.8 Å². The summed E-state index contributed by atoms with van der Waals surface area (Å²) >= 11 is 0. The van der Waals surface area contributed by atoms with Crippen LogP contribution >= 0.6 is 0 Å². The largest absolute Gasteiger partial charge is 0.373 e. The van der Waals surface area contributed by atoms with Gasteiger partial charge in [-0.1, -0.05) is 13.8 Å². The highest BCUT2D eigenvalue weighted by Crippen LogP contribution is 2.23. The van der Waals surface area contributed by atoms with Crippen molar-refractivity contribution in [1.82, 2.24) is 9.88 Å². The van der Waals surface area contributed by atoms with Crippen LogP contribution in [-0.4, -0.2) is 35.9 Å². The minimum absolute atomic E-state index is 0.0938. The Labute approximate surface area is 102 Å². The molecule has 1 aromatic heterocycles. The van der Waals surface area contributed by atoms with Crippen molar-refractivity contribution in [2.24, 2.45) is 11.8 Å². The number of aromatic nitrogens is 1. The summed E-state index contributed by atoms with van der Waals surface area (Å²) < 4.78 is 0. The van der Waals surface area contributed by atoms with Crippen molar-refractivity contribution in [1.29, 1.82) is 0 Å². The maximum absolute atomic E-state index is 12.2. The fourth-order valence-corrected chi connectivity index (χ4v) is 2.15. The average molecular weight is 233 g/mol. The summed E-state index contributed by atoms with van der Waals surface area (Å²) in [6, 6.07) is 3.66. The predicted octanol–water partition coefficient (Wildman–Crippen LogP) is 1.85. The minimum atomic E-state index is 0.0938. The maximum atomic E-state index is 12.2. The number of anilines is 1. The molecule has 1 amide bonds. The van der Waals surface area contributed by atoms with Gasteiger partial charge in [0.1, 0.15) is 5.82 Å². The van der Waals surface area contributed by atoms with E-state index in [4.69, 9.17) is 0 Å². The van der Waals surface area contributed by atoms with E-state index in [1.165, 1.54) is 0 Å². The van der Waals surface area contributed by atoms with Crippen LogP contribution in [-0.2, 0) is 0 Å². The van der Waals surface area contributed by atoms with Crippen LogP contribution in [0, 0.1) is 11.8 Å². The Kier molecular flexibility index (Phi) is 3.31. The first-order valence-corrected chi connectivity index (χ1v) is 6.05. The van der Waals surface area contributed by atoms with Crippen LogP contribution in [0.4, 0.5) is 5.82 Å². The van der Waals surface area contributed by atoms with E-state index >= 15 is 0 Å². The first-order chi connectivity index (χ1) is 8.11. The van der Waals surface area contributed by atoms with Gasteiger partial charge in [0.25, 0.3) is 5.91 Å². The number of pyridine rings is 1. The van der Waals surface area contributed by atoms with E-state index in [-0.39, 0.29) is 5.91 Å². The Balaban J connectivity index is 2.09. The Morgan fingerprint density at radius 3 is 2.47 bits per heavy atom. The van der Waals surface area contributed by atoms with Gasteiger partial charge in [0.2, 0.25) is 0 Å². The summed E-state index contributed by atoms with van der Waals surface area (Å²) in [7, 11) is 1.81. The molecular formula is C13H19N3O. The molecule has 0 aliphatic carbocycles. The fraction of sp³-hybridized carbons (Fsp3) is 0.538. The number of carbonyl (C=O) groups is 1. The Morgan fingerprint density at radius 2 is 2.00 bits per heavy atom. The zero-order valence-electron chi connectivity index (χ0n) is 10.6. The molecule has 92 valence electrons. The number of nitrogens with zero attached hydrogens (tertiary/aromatic N) is 2. The van der Waals surface area contributed by atoms with Gasteiger partial charge in [-0.05, 0) is 24.0 Å². The highest BCUT2D eigenvalue weighted by Gasteiger charge is 2.29. The van der Waals surface area contributed by atoms with Crippen LogP contribution in [0.25, 0.3) is 0 Å². The topological polar surface area (TPSA) is 45.2 Å². The maximum Gasteiger partial charge on any atom is 0.255 e. The number of likely N-dealkylation sites (tertiary alicyclic amines) is 1. The van der Waals surface area contributed by atoms with E-state index in [2.05, 4.69) is 24.1 Å². The second-order valence-electron chi connectivity index (χ2n) is 4.85. The van der Waals surface area contributed by atoms with E-state index in [0.29, 0.717) is 17.4 Å². The van der Waals surface area contributed by atoms with Crippen molar-refractivity contribution in [2.75, 3.05) is 25.5 Å². The summed E-state index contributed by atoms with van der Waals surface area (Å²) in [5.74, 6) is 2.05. The van der Waals surface area contributed by atoms with Crippen LogP contribution in [0.3, 0.4) is 0 Å². The first-order valence-electron chi connectivity index (χ1n) is 6.05. The lowest BCUT2D eigenvalue weighted by Gasteiger charge is -2.15. The first kappa shape index (κ1) is 11.9. The molecular weight excluding hydrogens is 214 g/mol. The summed E-state index contributed by atoms with van der Waals surface area (Å²) in [4.78, 5) is 18.3. The van der Waals surface area contributed by atoms with Crippen molar-refractivity contribution in [3.05, 3.63) is 23.9 Å². The van der Waals surface area contributed by atoms with Gasteiger partial charge in [0.15, 0.2) is 0 Å². The second kappa shape index (κ2) is 4.73. The molecule has 0 spiro atoms. The van der Waals surface area contributed by atoms with Crippen molar-refractivity contribution < 1.29 is 4.79 Å². The van der Waals surface area contributed by atoms with Gasteiger partial charge in [-0.2, -0.15) is 0 Å². The summed E-state index contributed by atoms with van der Waals surface area (Å²) in [6.07, 6.45) is 1.64. The normalized spacial score (nSPS) is 23.8. The summed E-state index contributed by atoms with van der Waals surface area (Å²) in [5, 5.41) is 2.94. The Morgan fingerprint density at radius 1 is 1.35 bits per heavy atom. The van der Waals surface area contributed by atoms with Crippen LogP contribution in [0.1, 0.15) is 24.2 Å². The average Bonchev–Trinajstić information content (AvgIpc) is 2.69. The van der Waals surface area contributed by atoms with E-state index in [0.717, 1.165) is 18.9 Å². The lowest BCUT2D eigenvalue weighted by Crippen LogP contribution is -2.28. The molecule has 0 radical (unpaired) electrons. The Hall–Kier alpha value is -1.58. The number of nitrogens with one attached hydrogen (secondary N) is 1. The number of carbonyl (C=O) groups excluding carboxylic acids is 1. The van der Waals surface area contributed by atoms with Gasteiger partial charge in [-0.15, -0.1) is 0 Å². The molecule has 1 aliphatic heterocycles. The van der Waals surface area contributed by atoms with Crippen molar-refractivity contribution >= 4 is 11.7 Å². The molecule has 2 heterocycles. The SMILES string of the molecule is CNc1ccc(C(=O)N2CC(C)C(C)C2)cn1. The molecule has 2 rings (SSSR count). The molecule has 2 atom stereocenters.